The van der Waals surface area contributed by atoms with Crippen molar-refractivity contribution < 1.29 is 13.2 Å². The molecule has 2 aromatic heterocycles. The molecule has 0 bridgehead atoms. The van der Waals surface area contributed by atoms with Gasteiger partial charge in [0.15, 0.2) is 5.13 Å². The quantitative estimate of drug-likeness (QED) is 0.490. The maximum Gasteiger partial charge on any atom is 0.263 e. The van der Waals surface area contributed by atoms with Gasteiger partial charge in [-0.2, -0.15) is 0 Å². The van der Waals surface area contributed by atoms with Crippen molar-refractivity contribution in [2.75, 3.05) is 10.0 Å². The Morgan fingerprint density at radius 1 is 1.14 bits per heavy atom. The summed E-state index contributed by atoms with van der Waals surface area (Å²) in [7, 11) is -3.72. The fourth-order valence-electron chi connectivity index (χ4n) is 2.95. The fourth-order valence-corrected chi connectivity index (χ4v) is 4.74. The number of benzene rings is 2. The lowest BCUT2D eigenvalue weighted by Gasteiger charge is -2.09. The lowest BCUT2D eigenvalue weighted by atomic mass is 10.2. The number of nitrogens with zero attached hydrogens (tertiary/aromatic N) is 2. The average Bonchev–Trinajstić information content (AvgIpc) is 3.32. The van der Waals surface area contributed by atoms with E-state index in [4.69, 9.17) is 0 Å². The first-order valence-corrected chi connectivity index (χ1v) is 11.1. The summed E-state index contributed by atoms with van der Waals surface area (Å²) in [6, 6.07) is 14.1. The van der Waals surface area contributed by atoms with E-state index in [1.807, 2.05) is 42.0 Å². The van der Waals surface area contributed by atoms with E-state index in [0.29, 0.717) is 10.8 Å². The van der Waals surface area contributed by atoms with Crippen LogP contribution in [0.2, 0.25) is 0 Å². The van der Waals surface area contributed by atoms with Crippen LogP contribution < -0.4 is 10.0 Å². The molecule has 29 heavy (non-hydrogen) atoms. The van der Waals surface area contributed by atoms with Crippen LogP contribution in [0.15, 0.2) is 71.2 Å². The number of anilines is 2. The second-order valence-corrected chi connectivity index (χ2v) is 9.10. The van der Waals surface area contributed by atoms with E-state index < -0.39 is 10.0 Å². The number of carbonyl (C=O) groups is 1. The minimum atomic E-state index is -3.72. The van der Waals surface area contributed by atoms with Gasteiger partial charge in [-0.25, -0.2) is 13.4 Å². The summed E-state index contributed by atoms with van der Waals surface area (Å²) in [4.78, 5) is 16.4. The van der Waals surface area contributed by atoms with Gasteiger partial charge in [0.25, 0.3) is 10.0 Å². The molecule has 2 heterocycles. The molecule has 0 aliphatic rings. The molecule has 4 rings (SSSR count). The normalized spacial score (nSPS) is 11.5. The van der Waals surface area contributed by atoms with E-state index >= 15 is 0 Å². The number of carbonyl (C=O) groups excluding carboxylic acids is 1. The molecule has 2 N–H and O–H groups in total. The molecule has 0 saturated heterocycles. The zero-order chi connectivity index (χ0) is 20.4. The monoisotopic (exact) mass is 426 g/mol. The van der Waals surface area contributed by atoms with E-state index in [0.717, 1.165) is 16.5 Å². The minimum Gasteiger partial charge on any atom is -0.338 e. The number of amides is 1. The van der Waals surface area contributed by atoms with Gasteiger partial charge in [-0.1, -0.05) is 12.1 Å². The highest BCUT2D eigenvalue weighted by atomic mass is 32.2. The largest absolute Gasteiger partial charge is 0.338 e. The number of thiazole rings is 1. The Morgan fingerprint density at radius 3 is 2.66 bits per heavy atom. The highest BCUT2D eigenvalue weighted by Crippen LogP contribution is 2.20. The maximum absolute atomic E-state index is 12.4. The van der Waals surface area contributed by atoms with E-state index in [1.165, 1.54) is 29.7 Å². The number of hydrogen-bond acceptors (Lipinski definition) is 5. The van der Waals surface area contributed by atoms with Gasteiger partial charge in [0.1, 0.15) is 6.54 Å². The van der Waals surface area contributed by atoms with Crippen LogP contribution >= 0.6 is 11.3 Å². The zero-order valence-electron chi connectivity index (χ0n) is 15.5. The summed E-state index contributed by atoms with van der Waals surface area (Å²) in [5.41, 5.74) is 2.65. The fraction of sp³-hybridized carbons (Fsp3) is 0.100. The number of aromatic nitrogens is 2. The molecule has 0 unspecified atom stereocenters. The minimum absolute atomic E-state index is 0.0950. The van der Waals surface area contributed by atoms with Crippen LogP contribution in [0.5, 0.6) is 0 Å². The van der Waals surface area contributed by atoms with E-state index in [2.05, 4.69) is 15.0 Å². The molecule has 0 fully saturated rings. The predicted molar refractivity (Wildman–Crippen MR) is 115 cm³/mol. The standard InChI is InChI=1S/C20H18N4O3S2/c1-14-2-3-15-8-10-24(18(15)12-14)13-19(25)22-16-4-6-17(7-5-16)29(26,27)23-20-21-9-11-28-20/h2-12H,13H2,1H3,(H,21,23)(H,22,25). The van der Waals surface area contributed by atoms with Crippen LogP contribution in [0.3, 0.4) is 0 Å². The van der Waals surface area contributed by atoms with Gasteiger partial charge < -0.3 is 9.88 Å². The van der Waals surface area contributed by atoms with E-state index in [-0.39, 0.29) is 17.3 Å². The van der Waals surface area contributed by atoms with Gasteiger partial charge in [-0.3, -0.25) is 9.52 Å². The van der Waals surface area contributed by atoms with Gasteiger partial charge in [0, 0.05) is 29.0 Å². The summed E-state index contributed by atoms with van der Waals surface area (Å²) in [5.74, 6) is -0.194. The number of sulfonamides is 1. The van der Waals surface area contributed by atoms with Crippen molar-refractivity contribution in [2.45, 2.75) is 18.4 Å². The summed E-state index contributed by atoms with van der Waals surface area (Å²) in [6.45, 7) is 2.18. The second-order valence-electron chi connectivity index (χ2n) is 6.52. The Labute approximate surface area is 172 Å². The lowest BCUT2D eigenvalue weighted by Crippen LogP contribution is -2.18. The third-order valence-corrected chi connectivity index (χ3v) is 6.52. The van der Waals surface area contributed by atoms with Crippen molar-refractivity contribution in [1.29, 1.82) is 0 Å². The Balaban J connectivity index is 1.44. The molecular formula is C20H18N4O3S2. The van der Waals surface area contributed by atoms with Crippen molar-refractivity contribution in [3.8, 4) is 0 Å². The van der Waals surface area contributed by atoms with Crippen molar-refractivity contribution in [3.05, 3.63) is 71.9 Å². The van der Waals surface area contributed by atoms with Crippen molar-refractivity contribution in [1.82, 2.24) is 9.55 Å². The summed E-state index contributed by atoms with van der Waals surface area (Å²) >= 11 is 1.20. The number of rotatable bonds is 6. The molecule has 0 saturated carbocycles. The molecule has 9 heteroatoms. The van der Waals surface area contributed by atoms with Gasteiger partial charge in [0.2, 0.25) is 5.91 Å². The lowest BCUT2D eigenvalue weighted by molar-refractivity contribution is -0.116. The molecule has 0 aliphatic heterocycles. The molecule has 2 aromatic carbocycles. The van der Waals surface area contributed by atoms with E-state index in [1.54, 1.807) is 17.5 Å². The van der Waals surface area contributed by atoms with Crippen LogP contribution in [-0.2, 0) is 21.4 Å². The number of fused-ring (bicyclic) bond motifs is 1. The summed E-state index contributed by atoms with van der Waals surface area (Å²) in [5, 5.41) is 5.86. The molecule has 0 radical (unpaired) electrons. The van der Waals surface area contributed by atoms with Crippen LogP contribution in [0.1, 0.15) is 5.56 Å². The number of nitrogens with one attached hydrogen (secondary N) is 2. The molecule has 7 nitrogen and oxygen atoms in total. The Bertz CT molecular complexity index is 1260. The van der Waals surface area contributed by atoms with Crippen molar-refractivity contribution >= 4 is 49.0 Å². The highest BCUT2D eigenvalue weighted by molar-refractivity contribution is 7.93. The summed E-state index contributed by atoms with van der Waals surface area (Å²) in [6.07, 6.45) is 3.40. The van der Waals surface area contributed by atoms with Crippen LogP contribution in [0.25, 0.3) is 10.9 Å². The number of hydrogen-bond donors (Lipinski definition) is 2. The second kappa shape index (κ2) is 7.69. The molecular weight excluding hydrogens is 408 g/mol. The Morgan fingerprint density at radius 2 is 1.93 bits per heavy atom. The van der Waals surface area contributed by atoms with Crippen molar-refractivity contribution in [2.24, 2.45) is 0 Å². The maximum atomic E-state index is 12.4. The van der Waals surface area contributed by atoms with Gasteiger partial charge in [0.05, 0.1) is 4.90 Å². The molecule has 1 amide bonds. The first-order valence-electron chi connectivity index (χ1n) is 8.78. The molecule has 148 valence electrons. The smallest absolute Gasteiger partial charge is 0.263 e. The van der Waals surface area contributed by atoms with E-state index in [9.17, 15) is 13.2 Å². The molecule has 4 aromatic rings. The van der Waals surface area contributed by atoms with Gasteiger partial charge in [-0.05, 0) is 54.3 Å². The third-order valence-electron chi connectivity index (χ3n) is 4.35. The average molecular weight is 427 g/mol. The van der Waals surface area contributed by atoms with Crippen LogP contribution in [0, 0.1) is 6.92 Å². The number of aryl methyl sites for hydroxylation is 1. The first kappa shape index (κ1) is 19.2. The Hall–Kier alpha value is -3.17. The predicted octanol–water partition coefficient (Wildman–Crippen LogP) is 3.85. The topological polar surface area (TPSA) is 93.1 Å². The van der Waals surface area contributed by atoms with Crippen molar-refractivity contribution in [3.63, 3.8) is 0 Å². The summed E-state index contributed by atoms with van der Waals surface area (Å²) < 4.78 is 29.0. The molecule has 0 atom stereocenters. The molecule has 0 spiro atoms. The molecule has 0 aliphatic carbocycles. The highest BCUT2D eigenvalue weighted by Gasteiger charge is 2.15. The van der Waals surface area contributed by atoms with Gasteiger partial charge >= 0.3 is 0 Å². The van der Waals surface area contributed by atoms with Crippen LogP contribution in [-0.4, -0.2) is 23.9 Å². The third kappa shape index (κ3) is 4.30. The van der Waals surface area contributed by atoms with Gasteiger partial charge in [-0.15, -0.1) is 11.3 Å². The Kier molecular flexibility index (Phi) is 5.08. The van der Waals surface area contributed by atoms with Crippen LogP contribution in [0.4, 0.5) is 10.8 Å². The zero-order valence-corrected chi connectivity index (χ0v) is 17.1. The first-order chi connectivity index (χ1) is 13.9. The SMILES string of the molecule is Cc1ccc2ccn(CC(=O)Nc3ccc(S(=O)(=O)Nc4nccs4)cc3)c2c1.